The van der Waals surface area contributed by atoms with Crippen LogP contribution in [-0.4, -0.2) is 61.7 Å². The van der Waals surface area contributed by atoms with Crippen molar-refractivity contribution in [2.45, 2.75) is 142 Å². The normalized spacial score (nSPS) is 38.9. The van der Waals surface area contributed by atoms with Gasteiger partial charge >= 0.3 is 0 Å². The summed E-state index contributed by atoms with van der Waals surface area (Å²) >= 11 is 0. The average molecular weight is 626 g/mol. The van der Waals surface area contributed by atoms with Crippen molar-refractivity contribution in [3.05, 3.63) is 0 Å². The first kappa shape index (κ1) is 35.6. The molecule has 0 amide bonds. The molecule has 0 radical (unpaired) electrons. The zero-order chi connectivity index (χ0) is 31.6. The summed E-state index contributed by atoms with van der Waals surface area (Å²) in [6.07, 6.45) is 13.9. The van der Waals surface area contributed by atoms with Crippen LogP contribution in [0.15, 0.2) is 0 Å². The largest absolute Gasteiger partial charge is 0.393 e. The summed E-state index contributed by atoms with van der Waals surface area (Å²) in [5.74, 6) is 2.53. The number of hydrogen-bond acceptors (Lipinski definition) is 6. The molecule has 6 N–H and O–H groups in total. The van der Waals surface area contributed by atoms with Gasteiger partial charge in [-0.05, 0) is 161 Å². The summed E-state index contributed by atoms with van der Waals surface area (Å²) in [7, 11) is -4.05. The third-order valence-electron chi connectivity index (χ3n) is 13.6. The van der Waals surface area contributed by atoms with Crippen molar-refractivity contribution in [1.29, 1.82) is 0 Å². The van der Waals surface area contributed by atoms with E-state index in [9.17, 15) is 18.1 Å². The first-order valence-corrected chi connectivity index (χ1v) is 19.4. The Morgan fingerprint density at radius 2 is 1.60 bits per heavy atom. The first-order chi connectivity index (χ1) is 20.1. The summed E-state index contributed by atoms with van der Waals surface area (Å²) in [6.45, 7) is 17.5. The van der Waals surface area contributed by atoms with Crippen LogP contribution in [0.5, 0.6) is 0 Å². The molecule has 4 rings (SSSR count). The smallest absolute Gasteiger partial charge is 0.268 e. The number of rotatable bonds is 15. The molecule has 0 bridgehead atoms. The van der Waals surface area contributed by atoms with Gasteiger partial charge in [-0.2, -0.15) is 8.42 Å². The molecule has 0 heterocycles. The molecule has 0 spiro atoms. The number of aliphatic hydroxyl groups is 1. The van der Waals surface area contributed by atoms with Gasteiger partial charge in [0.15, 0.2) is 0 Å². The lowest BCUT2D eigenvalue weighted by molar-refractivity contribution is -0.170. The van der Waals surface area contributed by atoms with E-state index in [4.69, 9.17) is 5.73 Å². The number of nitrogens with two attached hydrogens (primary N) is 1. The van der Waals surface area contributed by atoms with Gasteiger partial charge in [-0.25, -0.2) is 0 Å². The molecule has 5 unspecified atom stereocenters. The maximum atomic E-state index is 12.1. The van der Waals surface area contributed by atoms with E-state index in [0.29, 0.717) is 47.5 Å². The molecular weight excluding hydrogens is 558 g/mol. The summed E-state index contributed by atoms with van der Waals surface area (Å²) in [5.41, 5.74) is 6.07. The molecule has 0 saturated heterocycles. The molecule has 4 fully saturated rings. The summed E-state index contributed by atoms with van der Waals surface area (Å²) in [5, 5.41) is 18.5. The lowest BCUT2D eigenvalue weighted by atomic mass is 9.43. The van der Waals surface area contributed by atoms with Crippen molar-refractivity contribution in [2.24, 2.45) is 57.5 Å². The van der Waals surface area contributed by atoms with Crippen LogP contribution in [0.3, 0.4) is 0 Å². The molecule has 0 aromatic rings. The monoisotopic (exact) mass is 625 g/mol. The van der Waals surface area contributed by atoms with Crippen molar-refractivity contribution in [3.8, 4) is 0 Å². The highest BCUT2D eigenvalue weighted by atomic mass is 32.2. The fourth-order valence-corrected chi connectivity index (χ4v) is 12.3. The van der Waals surface area contributed by atoms with Crippen molar-refractivity contribution < 1.29 is 18.1 Å². The van der Waals surface area contributed by atoms with Gasteiger partial charge in [0, 0.05) is 6.04 Å². The van der Waals surface area contributed by atoms with E-state index in [1.165, 1.54) is 38.5 Å². The van der Waals surface area contributed by atoms with E-state index in [-0.39, 0.29) is 22.9 Å². The molecule has 4 saturated carbocycles. The Morgan fingerprint density at radius 1 is 0.930 bits per heavy atom. The standard InChI is InChI=1S/C35H67N3O4S/c1-24(2)30(43(40,41)42)14-15-33(3,4)31-11-10-27-32-28(13-17-35(27,31)6)34(5)16-12-26(22-25(34)23-29(32)39)38-21-9-20-37-19-8-7-18-36/h24-32,37-39H,7-23,36H2,1-6H3,(H,40,41,42)/t25-,26+,27?,28?,29-,30?,31?,32?,34+,35+/m1/s1. The lowest BCUT2D eigenvalue weighted by Gasteiger charge is -2.63. The van der Waals surface area contributed by atoms with Crippen LogP contribution in [0.25, 0.3) is 0 Å². The second kappa shape index (κ2) is 14.3. The van der Waals surface area contributed by atoms with Crippen LogP contribution in [0.4, 0.5) is 0 Å². The minimum Gasteiger partial charge on any atom is -0.393 e. The predicted octanol–water partition coefficient (Wildman–Crippen LogP) is 6.01. The van der Waals surface area contributed by atoms with Crippen molar-refractivity contribution >= 4 is 10.1 Å². The Bertz CT molecular complexity index is 1010. The predicted molar refractivity (Wildman–Crippen MR) is 177 cm³/mol. The molecule has 4 aliphatic rings. The van der Waals surface area contributed by atoms with E-state index < -0.39 is 15.4 Å². The van der Waals surface area contributed by atoms with Crippen LogP contribution in [-0.2, 0) is 10.1 Å². The van der Waals surface area contributed by atoms with E-state index in [0.717, 1.165) is 64.7 Å². The van der Waals surface area contributed by atoms with Crippen LogP contribution in [0.2, 0.25) is 0 Å². The summed E-state index contributed by atoms with van der Waals surface area (Å²) < 4.78 is 34.1. The van der Waals surface area contributed by atoms with Crippen molar-refractivity contribution in [3.63, 3.8) is 0 Å². The molecule has 0 aromatic carbocycles. The van der Waals surface area contributed by atoms with E-state index in [1.807, 2.05) is 13.8 Å². The van der Waals surface area contributed by atoms with Crippen LogP contribution in [0, 0.1) is 51.8 Å². The van der Waals surface area contributed by atoms with E-state index in [2.05, 4.69) is 38.3 Å². The van der Waals surface area contributed by atoms with Gasteiger partial charge < -0.3 is 21.5 Å². The minimum atomic E-state index is -4.05. The summed E-state index contributed by atoms with van der Waals surface area (Å²) in [4.78, 5) is 0. The quantitative estimate of drug-likeness (QED) is 0.111. The molecule has 4 aliphatic carbocycles. The summed E-state index contributed by atoms with van der Waals surface area (Å²) in [6, 6.07) is 0.571. The number of aliphatic hydroxyl groups excluding tert-OH is 1. The molecule has 7 nitrogen and oxygen atoms in total. The van der Waals surface area contributed by atoms with Gasteiger partial charge in [-0.15, -0.1) is 0 Å². The third kappa shape index (κ3) is 7.67. The lowest BCUT2D eigenvalue weighted by Crippen LogP contribution is -2.59. The third-order valence-corrected chi connectivity index (χ3v) is 15.1. The zero-order valence-electron chi connectivity index (χ0n) is 28.4. The van der Waals surface area contributed by atoms with Gasteiger partial charge in [0.1, 0.15) is 0 Å². The van der Waals surface area contributed by atoms with Gasteiger partial charge in [-0.1, -0.05) is 41.5 Å². The molecule has 8 heteroatoms. The maximum Gasteiger partial charge on any atom is 0.268 e. The molecule has 252 valence electrons. The fourth-order valence-electron chi connectivity index (χ4n) is 11.2. The Hall–Kier alpha value is -0.250. The van der Waals surface area contributed by atoms with Crippen LogP contribution in [0.1, 0.15) is 125 Å². The second-order valence-electron chi connectivity index (χ2n) is 16.8. The Kier molecular flexibility index (Phi) is 11.8. The van der Waals surface area contributed by atoms with Gasteiger partial charge in [0.25, 0.3) is 10.1 Å². The number of nitrogens with one attached hydrogen (secondary N) is 2. The van der Waals surface area contributed by atoms with Crippen LogP contribution < -0.4 is 16.4 Å². The van der Waals surface area contributed by atoms with Crippen LogP contribution >= 0.6 is 0 Å². The van der Waals surface area contributed by atoms with E-state index in [1.54, 1.807) is 0 Å². The maximum absolute atomic E-state index is 12.1. The highest BCUT2D eigenvalue weighted by Gasteiger charge is 2.64. The molecule has 43 heavy (non-hydrogen) atoms. The van der Waals surface area contributed by atoms with Crippen molar-refractivity contribution in [2.75, 3.05) is 26.2 Å². The highest BCUT2D eigenvalue weighted by molar-refractivity contribution is 7.86. The fraction of sp³-hybridized carbons (Fsp3) is 1.00. The minimum absolute atomic E-state index is 0.00998. The average Bonchev–Trinajstić information content (AvgIpc) is 3.28. The van der Waals surface area contributed by atoms with E-state index >= 15 is 0 Å². The SMILES string of the molecule is CC(C)C(CCC(C)(C)C1CCC2C3C(CC[C@@]21C)[C@@]1(C)CC[C@H](NCCCNCCCCN)C[C@@H]1C[C@H]3O)S(=O)(=O)O. The first-order valence-electron chi connectivity index (χ1n) is 17.9. The Labute approximate surface area is 264 Å². The molecular formula is C35H67N3O4S. The second-order valence-corrected chi connectivity index (χ2v) is 18.5. The molecule has 0 aromatic heterocycles. The Morgan fingerprint density at radius 3 is 2.28 bits per heavy atom. The van der Waals surface area contributed by atoms with Crippen molar-refractivity contribution in [1.82, 2.24) is 10.6 Å². The molecule has 0 aliphatic heterocycles. The number of unbranched alkanes of at least 4 members (excludes halogenated alkanes) is 1. The molecule has 10 atom stereocenters. The van der Waals surface area contributed by atoms with Gasteiger partial charge in [0.05, 0.1) is 11.4 Å². The Balaban J connectivity index is 1.36. The number of fused-ring (bicyclic) bond motifs is 5. The van der Waals surface area contributed by atoms with Gasteiger partial charge in [0.2, 0.25) is 0 Å². The number of hydrogen-bond donors (Lipinski definition) is 5. The van der Waals surface area contributed by atoms with Gasteiger partial charge in [-0.3, -0.25) is 4.55 Å². The zero-order valence-corrected chi connectivity index (χ0v) is 29.2. The topological polar surface area (TPSA) is 125 Å². The highest BCUT2D eigenvalue weighted by Crippen LogP contribution is 2.69.